The van der Waals surface area contributed by atoms with Gasteiger partial charge in [-0.15, -0.1) is 0 Å². The third-order valence-corrected chi connectivity index (χ3v) is 20.9. The van der Waals surface area contributed by atoms with Crippen LogP contribution in [-0.4, -0.2) is 0 Å². The molecule has 0 amide bonds. The van der Waals surface area contributed by atoms with Crippen LogP contribution in [0.4, 0.5) is 0 Å². The fraction of sp³-hybridized carbons (Fsp3) is 0. The number of rotatable bonds is 11. The minimum Gasteiger partial charge on any atom is -0.0622 e. The van der Waals surface area contributed by atoms with E-state index in [0.717, 1.165) is 0 Å². The second-order valence-electron chi connectivity index (χ2n) is 28.0. The van der Waals surface area contributed by atoms with E-state index in [9.17, 15) is 45.2 Å². The van der Waals surface area contributed by atoms with Crippen molar-refractivity contribution in [2.24, 2.45) is 0 Å². The Morgan fingerprint density at radius 2 is 0.295 bits per heavy atom. The first kappa shape index (κ1) is 29.7. The summed E-state index contributed by atoms with van der Waals surface area (Å²) in [5.41, 5.74) is -17.5. The van der Waals surface area contributed by atoms with Crippen LogP contribution in [0, 0.1) is 0 Å². The zero-order valence-corrected chi connectivity index (χ0v) is 66.0. The highest BCUT2D eigenvalue weighted by Gasteiger charge is 2.24. The molecule has 614 valence electrons. The standard InChI is InChI=1S/C50H32.C46H30.C36H24/c1-2-14-33(15-3-1)38-30-31-47(41-20-8-6-19-40(38)41)50-45-24-12-10-22-43(45)49(44-23-11-13-25-46(44)50)35-28-26-34(27-29-35)48-32-36-16-4-5-17-37(36)39-18-7-9-21-42(39)48;1-2-10-31(11-3-1)36-24-25-39-30-40(27-26-38(39)29-36)46-43-16-8-6-14-41(43)45(42-15-7-9-17-44(42)46)34-21-18-33(19-22-34)37-23-20-32-12-4-5-13-35(32)28-37;1-3-13-25(14-4-1)27-23-24-34(29-18-8-7-17-28(27)29)36-32-21-11-9-19-30(32)35(26-15-5-2-6-16-26)31-20-10-12-22-33(31)36/h1-32H;1-30H;1-24H/i1D,2D,3D,4D,5D,6D,7D,8D,9D,10D,11D,12D,13D,14D,15D,16D,17D,18D,19D,20D,21D,22D,23D,24D,25D,26D,27D,28D,29D,30D,31D,32D;1D,2D,3D,4D,5D,6D,7D,8D,9D,10D,11D,12D,13D,14D,15D,16D,17D,18D,19D,20D,21D,22D,23D,24D,25D,26D,27D,28D,29D,30D;1D,2D,3D,4D,5D,6D,7D,8D,9D,10D,11D,12D,13D,14D,15D,16D,17D,18D,19D,20D,21D,22D,23D,24D. The Labute approximate surface area is 888 Å². The largest absolute Gasteiger partial charge is 0.0636 e. The van der Waals surface area contributed by atoms with Crippen molar-refractivity contribution in [2.75, 3.05) is 0 Å². The molecule has 132 heavy (non-hydrogen) atoms. The molecule has 0 aliphatic carbocycles. The van der Waals surface area contributed by atoms with Gasteiger partial charge in [-0.25, -0.2) is 0 Å². The van der Waals surface area contributed by atoms with Crippen molar-refractivity contribution >= 4 is 129 Å². The van der Waals surface area contributed by atoms with Crippen LogP contribution in [0.25, 0.3) is 252 Å². The van der Waals surface area contributed by atoms with Gasteiger partial charge in [-0.1, -0.05) is 495 Å². The maximum Gasteiger partial charge on any atom is 0.0636 e. The Bertz CT molecular complexity index is 14300. The van der Waals surface area contributed by atoms with Crippen LogP contribution < -0.4 is 0 Å². The van der Waals surface area contributed by atoms with Crippen LogP contribution in [0.5, 0.6) is 0 Å². The van der Waals surface area contributed by atoms with E-state index in [1.165, 1.54) is 0 Å². The first-order valence-electron chi connectivity index (χ1n) is 81.8. The van der Waals surface area contributed by atoms with Gasteiger partial charge in [-0.2, -0.15) is 0 Å². The molecule has 0 bridgehead atoms. The molecule has 0 unspecified atom stereocenters. The van der Waals surface area contributed by atoms with Gasteiger partial charge in [0.25, 0.3) is 0 Å². The fourth-order valence-electron chi connectivity index (χ4n) is 15.3. The Morgan fingerprint density at radius 3 is 0.682 bits per heavy atom. The summed E-state index contributed by atoms with van der Waals surface area (Å²) >= 11 is 0. The zero-order chi connectivity index (χ0) is 162. The average molecular weight is 1760 g/mol. The summed E-state index contributed by atoms with van der Waals surface area (Å²) in [4.78, 5) is 0. The molecule has 0 aliphatic rings. The van der Waals surface area contributed by atoms with Gasteiger partial charge in [0, 0.05) is 0 Å². The van der Waals surface area contributed by atoms with Gasteiger partial charge in [-0.05, 0) is 276 Å². The van der Waals surface area contributed by atoms with Crippen molar-refractivity contribution in [1.29, 1.82) is 0 Å². The first-order valence-corrected chi connectivity index (χ1v) is 38.8. The third kappa shape index (κ3) is 14.1. The zero-order valence-electron chi connectivity index (χ0n) is 152. The van der Waals surface area contributed by atoms with E-state index in [1.807, 2.05) is 0 Å². The molecule has 0 heteroatoms. The van der Waals surface area contributed by atoms with Crippen molar-refractivity contribution in [3.05, 3.63) is 520 Å². The molecule has 0 nitrogen and oxygen atoms in total. The van der Waals surface area contributed by atoms with E-state index in [1.54, 1.807) is 0 Å². The van der Waals surface area contributed by atoms with Crippen LogP contribution in [0.3, 0.4) is 0 Å². The Kier molecular flexibility index (Phi) is 7.62. The summed E-state index contributed by atoms with van der Waals surface area (Å²) in [6.07, 6.45) is 0. The van der Waals surface area contributed by atoms with Gasteiger partial charge in [0.2, 0.25) is 0 Å². The van der Waals surface area contributed by atoms with Crippen molar-refractivity contribution in [3.8, 4) is 122 Å². The van der Waals surface area contributed by atoms with E-state index in [-0.39, 0.29) is 0 Å². The molecule has 0 radical (unpaired) electrons. The first-order chi connectivity index (χ1) is 101. The maximum atomic E-state index is 9.76. The highest BCUT2D eigenvalue weighted by atomic mass is 14.3. The molecule has 26 aromatic carbocycles. The fourth-order valence-corrected chi connectivity index (χ4v) is 15.3. The van der Waals surface area contributed by atoms with E-state index in [0.29, 0.717) is 0 Å². The summed E-state index contributed by atoms with van der Waals surface area (Å²) in [7, 11) is 0. The van der Waals surface area contributed by atoms with E-state index in [4.69, 9.17) is 72.7 Å². The predicted molar refractivity (Wildman–Crippen MR) is 569 cm³/mol. The predicted octanol–water partition coefficient (Wildman–Crippen LogP) is 37.2. The average Bonchev–Trinajstić information content (AvgIpc) is 0.680. The molecule has 26 rings (SSSR count). The van der Waals surface area contributed by atoms with Crippen molar-refractivity contribution < 1.29 is 118 Å². The topological polar surface area (TPSA) is 0 Å². The lowest BCUT2D eigenvalue weighted by atomic mass is 9.83. The summed E-state index contributed by atoms with van der Waals surface area (Å²) in [5.74, 6) is 0. The molecule has 0 saturated heterocycles. The monoisotopic (exact) mass is 1760 g/mol. The van der Waals surface area contributed by atoms with Gasteiger partial charge in [0.05, 0.1) is 118 Å². The SMILES string of the molecule is [2H]c1c([2H])c([2H])c(-c2c([2H])c([2H])c(-c3c4c([2H])c([2H])c([2H])c([2H])c4c(-c4c([2H])c([2H])c(-c5c([2H])c6c([2H])c([2H])c([2H])c([2H])c6c6c([2H])c([2H])c([2H])c([2H])c56)c([2H])c4[2H])c4c([2H])c([2H])c([2H])c([2H])c34)c3c([2H])c([2H])c([2H])c([2H])c23)c([2H])c1[2H].[2H]c1c([2H])c([2H])c(-c2c([2H])c([2H])c(-c3c4c([2H])c([2H])c([2H])c([2H])c4c(-c4c([2H])c([2H])c([2H])c([2H])c4[2H])c4c([2H])c([2H])c([2H])c([2H])c34)c3c([2H])c([2H])c([2H])c([2H])c23)c([2H])c1[2H].[2H]c1c([2H])c([2H])c(-c2c([2H])c([2H])c3c([2H])c(-c4c5c([2H])c([2H])c([2H])c([2H])c5c(-c5c([2H])c([2H])c(-c6c([2H])c([2H])c7c([2H])c([2H])c([2H])c([2H])c7c6[2H])c([2H])c5[2H])c5c([2H])c([2H])c([2H])c([2H])c45)c([2H])c([2H])c3c2[2H])c([2H])c1[2H]. The summed E-state index contributed by atoms with van der Waals surface area (Å²) in [6, 6.07) is -83.9. The lowest BCUT2D eigenvalue weighted by Crippen LogP contribution is -1.92. The van der Waals surface area contributed by atoms with Gasteiger partial charge in [0.15, 0.2) is 0 Å². The van der Waals surface area contributed by atoms with Crippen molar-refractivity contribution in [3.63, 3.8) is 0 Å². The van der Waals surface area contributed by atoms with E-state index >= 15 is 0 Å². The van der Waals surface area contributed by atoms with E-state index in [2.05, 4.69) is 0 Å². The van der Waals surface area contributed by atoms with Gasteiger partial charge in [0.1, 0.15) is 0 Å². The minimum absolute atomic E-state index is 0.546. The maximum absolute atomic E-state index is 9.76. The van der Waals surface area contributed by atoms with Crippen LogP contribution in [0.1, 0.15) is 118 Å². The van der Waals surface area contributed by atoms with Crippen molar-refractivity contribution in [1.82, 2.24) is 0 Å². The lowest BCUT2D eigenvalue weighted by Gasteiger charge is -2.20. The molecule has 26 aromatic rings. The Morgan fingerprint density at radius 1 is 0.0909 bits per heavy atom. The molecule has 0 fully saturated rings. The summed E-state index contributed by atoms with van der Waals surface area (Å²) in [5, 5.41) is -17.4. The van der Waals surface area contributed by atoms with Crippen LogP contribution in [0.15, 0.2) is 520 Å². The molecule has 0 heterocycles. The minimum atomic E-state index is -1.19. The van der Waals surface area contributed by atoms with Crippen molar-refractivity contribution in [2.45, 2.75) is 0 Å². The summed E-state index contributed by atoms with van der Waals surface area (Å²) < 4.78 is 769. The smallest absolute Gasteiger partial charge is 0.0622 e. The van der Waals surface area contributed by atoms with Crippen LogP contribution in [-0.2, 0) is 0 Å². The normalized spacial score (nSPS) is 20.6. The Hall–Kier alpha value is -17.2. The number of fused-ring (bicyclic) bond motifs is 13. The molecule has 0 aromatic heterocycles. The number of benzene rings is 26. The number of hydrogen-bond acceptors (Lipinski definition) is 0. The third-order valence-electron chi connectivity index (χ3n) is 20.9. The van der Waals surface area contributed by atoms with Crippen LogP contribution >= 0.6 is 0 Å². The molecule has 0 aliphatic heterocycles. The molecule has 0 saturated carbocycles. The summed E-state index contributed by atoms with van der Waals surface area (Å²) in [6.45, 7) is 0. The van der Waals surface area contributed by atoms with Gasteiger partial charge < -0.3 is 0 Å². The molecular weight excluding hydrogens is 1590 g/mol. The second kappa shape index (κ2) is 33.9. The van der Waals surface area contributed by atoms with E-state index < -0.39 is 771 Å². The molecule has 0 spiro atoms. The quantitative estimate of drug-likeness (QED) is 0.0894. The molecule has 0 atom stereocenters. The number of hydrogen-bond donors (Lipinski definition) is 0. The second-order valence-corrected chi connectivity index (χ2v) is 28.0. The van der Waals surface area contributed by atoms with Crippen LogP contribution in [0.2, 0.25) is 0 Å². The highest BCUT2D eigenvalue weighted by molar-refractivity contribution is 6.27. The van der Waals surface area contributed by atoms with Gasteiger partial charge in [-0.3, -0.25) is 0 Å². The Balaban J connectivity index is 0.000000162. The highest BCUT2D eigenvalue weighted by Crippen LogP contribution is 2.52. The lowest BCUT2D eigenvalue weighted by molar-refractivity contribution is 1.63. The molecular formula is C132H86. The van der Waals surface area contributed by atoms with Gasteiger partial charge >= 0.3 is 0 Å². The molecule has 0 N–H and O–H groups in total.